The Balaban J connectivity index is 4.65. The number of carbonyl (C=O) groups excluding carboxylic acids is 2. The molecular weight excluding hydrogens is 743 g/mol. The van der Waals surface area contributed by atoms with E-state index in [4.69, 9.17) is 4.74 Å². The lowest BCUT2D eigenvalue weighted by atomic mass is 10.0. The highest BCUT2D eigenvalue weighted by atomic mass is 16.5. The number of unbranched alkanes of at least 4 members (excludes halogenated alkanes) is 20. The van der Waals surface area contributed by atoms with Crippen molar-refractivity contribution in [2.75, 3.05) is 6.61 Å². The van der Waals surface area contributed by atoms with Gasteiger partial charge in [0.05, 0.1) is 25.2 Å². The summed E-state index contributed by atoms with van der Waals surface area (Å²) in [6, 6.07) is -0.733. The lowest BCUT2D eigenvalue weighted by Gasteiger charge is -2.24. The van der Waals surface area contributed by atoms with Crippen LogP contribution in [0.15, 0.2) is 97.2 Å². The van der Waals surface area contributed by atoms with Crippen LogP contribution in [0.1, 0.15) is 207 Å². The highest BCUT2D eigenvalue weighted by Crippen LogP contribution is 2.17. The molecular formula is C54H91NO5. The normalized spacial score (nSPS) is 14.2. The molecule has 0 spiro atoms. The molecule has 0 saturated carbocycles. The SMILES string of the molecule is CC/C=C/C=C/C=C\C=C/CCCC(CC(=O)NC(CO)C(O)CCCCCCCCCCCCCCCCC)OC(=O)CCCCCCC\C=C/C=C/C=C/C=C/CC. The lowest BCUT2D eigenvalue weighted by Crippen LogP contribution is -2.46. The van der Waals surface area contributed by atoms with E-state index in [1.807, 2.05) is 54.7 Å². The summed E-state index contributed by atoms with van der Waals surface area (Å²) in [5, 5.41) is 23.7. The summed E-state index contributed by atoms with van der Waals surface area (Å²) in [5.74, 6) is -0.578. The van der Waals surface area contributed by atoms with E-state index >= 15 is 0 Å². The van der Waals surface area contributed by atoms with Crippen LogP contribution < -0.4 is 5.32 Å². The average Bonchev–Trinajstić information content (AvgIpc) is 3.24. The second kappa shape index (κ2) is 46.8. The molecule has 0 aliphatic heterocycles. The van der Waals surface area contributed by atoms with Gasteiger partial charge in [-0.25, -0.2) is 0 Å². The fraction of sp³-hybridized carbons (Fsp3) is 0.667. The van der Waals surface area contributed by atoms with Crippen molar-refractivity contribution in [1.29, 1.82) is 0 Å². The number of aliphatic hydroxyl groups excluding tert-OH is 2. The van der Waals surface area contributed by atoms with Crippen LogP contribution in [0.3, 0.4) is 0 Å². The Labute approximate surface area is 369 Å². The van der Waals surface area contributed by atoms with Gasteiger partial charge in [0.2, 0.25) is 5.91 Å². The molecule has 0 aromatic heterocycles. The van der Waals surface area contributed by atoms with Crippen molar-refractivity contribution in [2.24, 2.45) is 0 Å². The Kier molecular flexibility index (Phi) is 44.3. The predicted octanol–water partition coefficient (Wildman–Crippen LogP) is 14.6. The number of ether oxygens (including phenoxy) is 1. The van der Waals surface area contributed by atoms with Crippen molar-refractivity contribution in [2.45, 2.75) is 225 Å². The first-order valence-electron chi connectivity index (χ1n) is 24.6. The summed E-state index contributed by atoms with van der Waals surface area (Å²) in [4.78, 5) is 26.0. The fourth-order valence-corrected chi connectivity index (χ4v) is 6.93. The molecule has 3 atom stereocenters. The van der Waals surface area contributed by atoms with E-state index < -0.39 is 18.2 Å². The van der Waals surface area contributed by atoms with Crippen LogP contribution in [0.2, 0.25) is 0 Å². The molecule has 0 fully saturated rings. The Hall–Kier alpha value is -3.22. The maximum atomic E-state index is 13.2. The molecule has 0 aliphatic carbocycles. The van der Waals surface area contributed by atoms with Gasteiger partial charge < -0.3 is 20.3 Å². The van der Waals surface area contributed by atoms with E-state index in [1.54, 1.807) is 0 Å². The Morgan fingerprint density at radius 1 is 0.500 bits per heavy atom. The molecule has 0 saturated heterocycles. The average molecular weight is 834 g/mol. The number of amides is 1. The molecule has 3 unspecified atom stereocenters. The summed E-state index contributed by atoms with van der Waals surface area (Å²) >= 11 is 0. The Morgan fingerprint density at radius 2 is 0.917 bits per heavy atom. The highest BCUT2D eigenvalue weighted by molar-refractivity contribution is 5.77. The second-order valence-electron chi connectivity index (χ2n) is 16.3. The maximum absolute atomic E-state index is 13.2. The summed E-state index contributed by atoms with van der Waals surface area (Å²) in [6.07, 6.45) is 61.9. The predicted molar refractivity (Wildman–Crippen MR) is 259 cm³/mol. The standard InChI is InChI=1S/C54H91NO5/c1-4-7-10-13-16-19-22-24-26-28-31-34-37-40-43-46-52(57)51(49-56)55-53(58)48-50(45-42-39-36-33-30-21-18-15-12-9-6-3)60-54(59)47-44-41-38-35-32-29-27-25-23-20-17-14-11-8-5-2/h8-9,11-12,14-15,17-18,20-21,23,25,27,30,33,36,50-52,56-57H,4-7,10,13,16,19,22,24,26,28-29,31-32,34-35,37-49H2,1-3H3,(H,55,58)/b11-8+,12-9+,17-14+,18-15+,23-20+,27-25-,30-21-,36-33-. The third-order valence-electron chi connectivity index (χ3n) is 10.6. The minimum absolute atomic E-state index is 0.0164. The van der Waals surface area contributed by atoms with Crippen molar-refractivity contribution >= 4 is 11.9 Å². The molecule has 6 heteroatoms. The van der Waals surface area contributed by atoms with Gasteiger partial charge in [-0.15, -0.1) is 0 Å². The first-order valence-corrected chi connectivity index (χ1v) is 24.6. The zero-order chi connectivity index (χ0) is 43.8. The van der Waals surface area contributed by atoms with Gasteiger partial charge in [0.15, 0.2) is 0 Å². The highest BCUT2D eigenvalue weighted by Gasteiger charge is 2.24. The second-order valence-corrected chi connectivity index (χ2v) is 16.3. The van der Waals surface area contributed by atoms with E-state index in [0.717, 1.165) is 83.5 Å². The molecule has 1 amide bonds. The summed E-state index contributed by atoms with van der Waals surface area (Å²) < 4.78 is 5.87. The van der Waals surface area contributed by atoms with Gasteiger partial charge in [-0.2, -0.15) is 0 Å². The molecule has 0 rings (SSSR count). The van der Waals surface area contributed by atoms with Crippen LogP contribution >= 0.6 is 0 Å². The quantitative estimate of drug-likeness (QED) is 0.0323. The lowest BCUT2D eigenvalue weighted by molar-refractivity contribution is -0.151. The van der Waals surface area contributed by atoms with Gasteiger partial charge >= 0.3 is 5.97 Å². The number of aliphatic hydroxyl groups is 2. The fourth-order valence-electron chi connectivity index (χ4n) is 6.93. The van der Waals surface area contributed by atoms with Gasteiger partial charge in [-0.05, 0) is 57.8 Å². The van der Waals surface area contributed by atoms with Crippen LogP contribution in [0.5, 0.6) is 0 Å². The molecule has 0 bridgehead atoms. The number of carbonyl (C=O) groups is 2. The van der Waals surface area contributed by atoms with E-state index in [-0.39, 0.29) is 24.9 Å². The topological polar surface area (TPSA) is 95.9 Å². The largest absolute Gasteiger partial charge is 0.462 e. The van der Waals surface area contributed by atoms with Crippen LogP contribution in [-0.4, -0.2) is 46.9 Å². The van der Waals surface area contributed by atoms with Gasteiger partial charge in [0, 0.05) is 6.42 Å². The molecule has 60 heavy (non-hydrogen) atoms. The van der Waals surface area contributed by atoms with Gasteiger partial charge in [-0.3, -0.25) is 9.59 Å². The summed E-state index contributed by atoms with van der Waals surface area (Å²) in [7, 11) is 0. The van der Waals surface area contributed by atoms with Crippen molar-refractivity contribution in [3.63, 3.8) is 0 Å². The number of nitrogens with one attached hydrogen (secondary N) is 1. The summed E-state index contributed by atoms with van der Waals surface area (Å²) in [6.45, 7) is 6.17. The number of hydrogen-bond donors (Lipinski definition) is 3. The van der Waals surface area contributed by atoms with Crippen molar-refractivity contribution < 1.29 is 24.5 Å². The van der Waals surface area contributed by atoms with Gasteiger partial charge in [0.1, 0.15) is 6.10 Å². The molecule has 0 aromatic carbocycles. The van der Waals surface area contributed by atoms with Crippen LogP contribution in [-0.2, 0) is 14.3 Å². The van der Waals surface area contributed by atoms with Gasteiger partial charge in [-0.1, -0.05) is 234 Å². The minimum Gasteiger partial charge on any atom is -0.462 e. The number of rotatable bonds is 42. The van der Waals surface area contributed by atoms with E-state index in [0.29, 0.717) is 19.3 Å². The molecule has 342 valence electrons. The van der Waals surface area contributed by atoms with Crippen LogP contribution in [0, 0.1) is 0 Å². The zero-order valence-electron chi connectivity index (χ0n) is 38.8. The third-order valence-corrected chi connectivity index (χ3v) is 10.6. The molecule has 6 nitrogen and oxygen atoms in total. The summed E-state index contributed by atoms with van der Waals surface area (Å²) in [5.41, 5.74) is 0. The third kappa shape index (κ3) is 41.5. The van der Waals surface area contributed by atoms with Crippen LogP contribution in [0.25, 0.3) is 0 Å². The Bertz CT molecular complexity index is 1210. The zero-order valence-corrected chi connectivity index (χ0v) is 38.8. The molecule has 3 N–H and O–H groups in total. The molecule has 0 heterocycles. The van der Waals surface area contributed by atoms with Crippen molar-refractivity contribution in [3.8, 4) is 0 Å². The minimum atomic E-state index is -0.814. The van der Waals surface area contributed by atoms with E-state index in [9.17, 15) is 19.8 Å². The molecule has 0 aromatic rings. The van der Waals surface area contributed by atoms with E-state index in [1.165, 1.54) is 77.0 Å². The van der Waals surface area contributed by atoms with Crippen molar-refractivity contribution in [1.82, 2.24) is 5.32 Å². The van der Waals surface area contributed by atoms with Crippen LogP contribution in [0.4, 0.5) is 0 Å². The first-order chi connectivity index (χ1) is 29.5. The van der Waals surface area contributed by atoms with E-state index in [2.05, 4.69) is 68.6 Å². The number of allylic oxidation sites excluding steroid dienone is 16. The van der Waals surface area contributed by atoms with Crippen molar-refractivity contribution in [3.05, 3.63) is 97.2 Å². The molecule has 0 radical (unpaired) electrons. The monoisotopic (exact) mass is 834 g/mol. The van der Waals surface area contributed by atoms with Gasteiger partial charge in [0.25, 0.3) is 0 Å². The number of hydrogen-bond acceptors (Lipinski definition) is 5. The smallest absolute Gasteiger partial charge is 0.306 e. The number of esters is 1. The maximum Gasteiger partial charge on any atom is 0.306 e. The first kappa shape index (κ1) is 56.8. The Morgan fingerprint density at radius 3 is 1.40 bits per heavy atom. The molecule has 0 aliphatic rings.